The third kappa shape index (κ3) is 3.48. The number of nitrogens with one attached hydrogen (secondary N) is 2. The summed E-state index contributed by atoms with van der Waals surface area (Å²) < 4.78 is 6.89. The summed E-state index contributed by atoms with van der Waals surface area (Å²) >= 11 is 0. The molecule has 2 amide bonds. The molecule has 0 saturated carbocycles. The molecule has 0 spiro atoms. The number of ether oxygens (including phenoxy) is 1. The van der Waals surface area contributed by atoms with E-state index in [0.717, 1.165) is 25.1 Å². The first kappa shape index (κ1) is 17.1. The number of nitrogens with zero attached hydrogens (tertiary/aromatic N) is 2. The van der Waals surface area contributed by atoms with Crippen LogP contribution in [0.4, 0.5) is 16.2 Å². The number of carbonyl (C=O) groups is 1. The minimum Gasteiger partial charge on any atom is -0.497 e. The molecule has 138 valence electrons. The van der Waals surface area contributed by atoms with Crippen molar-refractivity contribution in [2.75, 3.05) is 17.7 Å². The Hall–Kier alpha value is -3.35. The smallest absolute Gasteiger partial charge is 0.323 e. The molecule has 7 nitrogen and oxygen atoms in total. The van der Waals surface area contributed by atoms with Gasteiger partial charge in [-0.05, 0) is 43.2 Å². The molecule has 0 saturated heterocycles. The monoisotopic (exact) mass is 364 g/mol. The fraction of sp³-hybridized carbons (Fsp3) is 0.250. The van der Waals surface area contributed by atoms with Crippen LogP contribution in [0.25, 0.3) is 10.9 Å². The standard InChI is InChI=1S/C20H20N4O3/c1-27-15-6-4-5-13(11-15)21-20(26)22-14-8-9-17-16(12-14)19(25)24-10-3-2-7-18(24)23-17/h4-6,8-9,11-12H,2-3,7,10H2,1H3,(H2,21,22,26). The van der Waals surface area contributed by atoms with Gasteiger partial charge in [0.15, 0.2) is 0 Å². The second kappa shape index (κ2) is 7.11. The van der Waals surface area contributed by atoms with Crippen molar-refractivity contribution in [1.82, 2.24) is 9.55 Å². The number of methoxy groups -OCH3 is 1. The molecule has 4 rings (SSSR count). The molecule has 0 atom stereocenters. The summed E-state index contributed by atoms with van der Waals surface area (Å²) in [5, 5.41) is 6.02. The summed E-state index contributed by atoms with van der Waals surface area (Å²) in [6.07, 6.45) is 2.87. The van der Waals surface area contributed by atoms with Crippen LogP contribution in [-0.2, 0) is 13.0 Å². The quantitative estimate of drug-likeness (QED) is 0.746. The molecule has 1 aliphatic rings. The van der Waals surface area contributed by atoms with Gasteiger partial charge in [0.1, 0.15) is 11.6 Å². The molecule has 27 heavy (non-hydrogen) atoms. The lowest BCUT2D eigenvalue weighted by molar-refractivity contribution is 0.262. The van der Waals surface area contributed by atoms with Gasteiger partial charge in [0.2, 0.25) is 0 Å². The zero-order chi connectivity index (χ0) is 18.8. The van der Waals surface area contributed by atoms with E-state index in [1.165, 1.54) is 0 Å². The summed E-state index contributed by atoms with van der Waals surface area (Å²) in [6.45, 7) is 0.699. The van der Waals surface area contributed by atoms with Crippen LogP contribution < -0.4 is 20.9 Å². The SMILES string of the molecule is COc1cccc(NC(=O)Nc2ccc3nc4n(c(=O)c3c2)CCCC4)c1. The fourth-order valence-corrected chi connectivity index (χ4v) is 3.31. The van der Waals surface area contributed by atoms with E-state index in [1.54, 1.807) is 54.1 Å². The topological polar surface area (TPSA) is 85.2 Å². The molecule has 3 aromatic rings. The van der Waals surface area contributed by atoms with E-state index >= 15 is 0 Å². The number of benzene rings is 2. The Kier molecular flexibility index (Phi) is 4.50. The van der Waals surface area contributed by atoms with Gasteiger partial charge in [0.25, 0.3) is 5.56 Å². The highest BCUT2D eigenvalue weighted by Gasteiger charge is 2.15. The number of aryl methyl sites for hydroxylation is 1. The Morgan fingerprint density at radius 1 is 1.11 bits per heavy atom. The largest absolute Gasteiger partial charge is 0.497 e. The van der Waals surface area contributed by atoms with Crippen LogP contribution >= 0.6 is 0 Å². The van der Waals surface area contributed by atoms with Crippen LogP contribution in [0.5, 0.6) is 5.75 Å². The minimum absolute atomic E-state index is 0.0495. The number of rotatable bonds is 3. The van der Waals surface area contributed by atoms with Gasteiger partial charge in [-0.2, -0.15) is 0 Å². The van der Waals surface area contributed by atoms with Gasteiger partial charge in [0.05, 0.1) is 18.0 Å². The molecular weight excluding hydrogens is 344 g/mol. The van der Waals surface area contributed by atoms with E-state index in [9.17, 15) is 9.59 Å². The zero-order valence-corrected chi connectivity index (χ0v) is 15.0. The average molecular weight is 364 g/mol. The second-order valence-electron chi connectivity index (χ2n) is 6.48. The predicted molar refractivity (Wildman–Crippen MR) is 105 cm³/mol. The predicted octanol–water partition coefficient (Wildman–Crippen LogP) is 3.39. The van der Waals surface area contributed by atoms with Crippen LogP contribution in [0.15, 0.2) is 47.3 Å². The highest BCUT2D eigenvalue weighted by Crippen LogP contribution is 2.20. The van der Waals surface area contributed by atoms with Gasteiger partial charge in [-0.1, -0.05) is 6.07 Å². The van der Waals surface area contributed by atoms with E-state index in [2.05, 4.69) is 15.6 Å². The van der Waals surface area contributed by atoms with Gasteiger partial charge >= 0.3 is 6.03 Å². The molecule has 7 heteroatoms. The minimum atomic E-state index is -0.395. The van der Waals surface area contributed by atoms with Crippen molar-refractivity contribution in [2.24, 2.45) is 0 Å². The maximum Gasteiger partial charge on any atom is 0.323 e. The number of carbonyl (C=O) groups excluding carboxylic acids is 1. The molecule has 0 bridgehead atoms. The summed E-state index contributed by atoms with van der Waals surface area (Å²) in [4.78, 5) is 29.6. The zero-order valence-electron chi connectivity index (χ0n) is 15.0. The summed E-state index contributed by atoms with van der Waals surface area (Å²) in [6, 6.07) is 11.9. The molecule has 0 aliphatic carbocycles. The van der Waals surface area contributed by atoms with Crippen LogP contribution in [0.3, 0.4) is 0 Å². The van der Waals surface area contributed by atoms with E-state index < -0.39 is 6.03 Å². The van der Waals surface area contributed by atoms with Gasteiger partial charge < -0.3 is 15.4 Å². The van der Waals surface area contributed by atoms with Crippen LogP contribution in [0.1, 0.15) is 18.7 Å². The maximum atomic E-state index is 12.8. The Labute approximate surface area is 156 Å². The number of fused-ring (bicyclic) bond motifs is 2. The Balaban J connectivity index is 1.57. The first-order valence-corrected chi connectivity index (χ1v) is 8.89. The first-order chi connectivity index (χ1) is 13.1. The lowest BCUT2D eigenvalue weighted by Gasteiger charge is -2.18. The van der Waals surface area contributed by atoms with Crippen LogP contribution in [0, 0.1) is 0 Å². The lowest BCUT2D eigenvalue weighted by atomic mass is 10.1. The van der Waals surface area contributed by atoms with Crippen molar-refractivity contribution in [3.63, 3.8) is 0 Å². The molecule has 0 radical (unpaired) electrons. The van der Waals surface area contributed by atoms with E-state index in [-0.39, 0.29) is 5.56 Å². The van der Waals surface area contributed by atoms with Crippen molar-refractivity contribution in [3.05, 3.63) is 58.6 Å². The Morgan fingerprint density at radius 2 is 1.93 bits per heavy atom. The Morgan fingerprint density at radius 3 is 2.74 bits per heavy atom. The highest BCUT2D eigenvalue weighted by atomic mass is 16.5. The number of anilines is 2. The van der Waals surface area contributed by atoms with E-state index in [1.807, 2.05) is 0 Å². The third-order valence-corrected chi connectivity index (χ3v) is 4.65. The molecule has 0 unspecified atom stereocenters. The molecular formula is C20H20N4O3. The van der Waals surface area contributed by atoms with Gasteiger partial charge in [-0.15, -0.1) is 0 Å². The lowest BCUT2D eigenvalue weighted by Crippen LogP contribution is -2.28. The summed E-state index contributed by atoms with van der Waals surface area (Å²) in [5.74, 6) is 1.50. The number of urea groups is 1. The molecule has 0 fully saturated rings. The van der Waals surface area contributed by atoms with E-state index in [4.69, 9.17) is 4.74 Å². The Bertz CT molecular complexity index is 1070. The molecule has 2 N–H and O–H groups in total. The second-order valence-corrected chi connectivity index (χ2v) is 6.48. The number of amides is 2. The number of hydrogen-bond acceptors (Lipinski definition) is 4. The van der Waals surface area contributed by atoms with Crippen LogP contribution in [-0.4, -0.2) is 22.7 Å². The van der Waals surface area contributed by atoms with Gasteiger partial charge in [-0.3, -0.25) is 9.36 Å². The van der Waals surface area contributed by atoms with Gasteiger partial charge in [-0.25, -0.2) is 9.78 Å². The van der Waals surface area contributed by atoms with Crippen molar-refractivity contribution < 1.29 is 9.53 Å². The highest BCUT2D eigenvalue weighted by molar-refractivity contribution is 6.01. The number of aromatic nitrogens is 2. The third-order valence-electron chi connectivity index (χ3n) is 4.65. The summed E-state index contributed by atoms with van der Waals surface area (Å²) in [7, 11) is 1.57. The van der Waals surface area contributed by atoms with E-state index in [0.29, 0.717) is 34.6 Å². The van der Waals surface area contributed by atoms with Crippen molar-refractivity contribution >= 4 is 28.3 Å². The average Bonchev–Trinajstić information content (AvgIpc) is 2.69. The molecule has 2 aromatic carbocycles. The maximum absolute atomic E-state index is 12.8. The summed E-state index contributed by atoms with van der Waals surface area (Å²) in [5.41, 5.74) is 1.76. The van der Waals surface area contributed by atoms with Crippen molar-refractivity contribution in [1.29, 1.82) is 0 Å². The number of hydrogen-bond donors (Lipinski definition) is 2. The molecule has 2 heterocycles. The van der Waals surface area contributed by atoms with Crippen molar-refractivity contribution in [3.8, 4) is 5.75 Å². The fourth-order valence-electron chi connectivity index (χ4n) is 3.31. The molecule has 1 aliphatic heterocycles. The van der Waals surface area contributed by atoms with Crippen LogP contribution in [0.2, 0.25) is 0 Å². The molecule has 1 aromatic heterocycles. The van der Waals surface area contributed by atoms with Crippen molar-refractivity contribution in [2.45, 2.75) is 25.8 Å². The van der Waals surface area contributed by atoms with Gasteiger partial charge in [0, 0.05) is 30.4 Å². The normalized spacial score (nSPS) is 13.1. The first-order valence-electron chi connectivity index (χ1n) is 8.89.